The van der Waals surface area contributed by atoms with Crippen molar-refractivity contribution in [3.05, 3.63) is 65.9 Å². The van der Waals surface area contributed by atoms with Crippen LogP contribution in [0.4, 0.5) is 11.5 Å². The zero-order valence-electron chi connectivity index (χ0n) is 19.8. The number of nitrogens with one attached hydrogen (secondary N) is 1. The van der Waals surface area contributed by atoms with E-state index in [0.29, 0.717) is 13.2 Å². The third-order valence-corrected chi connectivity index (χ3v) is 6.14. The van der Waals surface area contributed by atoms with Gasteiger partial charge < -0.3 is 19.4 Å². The van der Waals surface area contributed by atoms with E-state index in [-0.39, 0.29) is 11.5 Å². The minimum absolute atomic E-state index is 0.0259. The Morgan fingerprint density at radius 1 is 1.15 bits per heavy atom. The van der Waals surface area contributed by atoms with Gasteiger partial charge in [0.15, 0.2) is 5.75 Å². The van der Waals surface area contributed by atoms with Crippen LogP contribution in [0.2, 0.25) is 0 Å². The second-order valence-corrected chi connectivity index (χ2v) is 9.71. The van der Waals surface area contributed by atoms with Crippen LogP contribution < -0.4 is 9.64 Å². The molecule has 0 saturated heterocycles. The van der Waals surface area contributed by atoms with E-state index in [0.717, 1.165) is 45.2 Å². The van der Waals surface area contributed by atoms with Gasteiger partial charge in [-0.25, -0.2) is 9.97 Å². The monoisotopic (exact) mass is 442 g/mol. The molecule has 3 heterocycles. The molecule has 0 radical (unpaired) electrons. The Hall–Kier alpha value is -3.38. The maximum Gasteiger partial charge on any atom is 0.154 e. The first-order valence-corrected chi connectivity index (χ1v) is 11.3. The first-order chi connectivity index (χ1) is 15.8. The summed E-state index contributed by atoms with van der Waals surface area (Å²) in [6.07, 6.45) is 1.89. The van der Waals surface area contributed by atoms with Crippen molar-refractivity contribution in [1.82, 2.24) is 15.0 Å². The molecule has 1 aliphatic rings. The molecule has 0 amide bonds. The molecule has 1 atom stereocenters. The van der Waals surface area contributed by atoms with Crippen LogP contribution in [0.15, 0.2) is 54.7 Å². The van der Waals surface area contributed by atoms with Crippen LogP contribution in [-0.2, 0) is 10.2 Å². The van der Waals surface area contributed by atoms with Gasteiger partial charge in [-0.05, 0) is 53.8 Å². The van der Waals surface area contributed by atoms with E-state index in [1.54, 1.807) is 7.11 Å². The van der Waals surface area contributed by atoms with Gasteiger partial charge in [-0.3, -0.25) is 0 Å². The molecular formula is C27H30N4O2. The minimum Gasteiger partial charge on any atom is -0.488 e. The van der Waals surface area contributed by atoms with E-state index in [2.05, 4.69) is 73.1 Å². The van der Waals surface area contributed by atoms with Crippen LogP contribution in [0.1, 0.15) is 31.9 Å². The standard InChI is InChI=1S/C27H30N4O2/c1-17-9-12-24(28-14-17)31-19(15-32-5)16-33-25-20(7-6-8-23(25)31)26-29-21-11-10-18(27(2,3)4)13-22(21)30-26/h6-14,19H,15-16H2,1-5H3,(H,29,30). The van der Waals surface area contributed by atoms with Crippen molar-refractivity contribution in [3.63, 3.8) is 0 Å². The zero-order chi connectivity index (χ0) is 23.2. The highest BCUT2D eigenvalue weighted by Gasteiger charge is 2.32. The number of H-pyrrole nitrogens is 1. The second kappa shape index (κ2) is 8.19. The molecule has 0 spiro atoms. The summed E-state index contributed by atoms with van der Waals surface area (Å²) >= 11 is 0. The van der Waals surface area contributed by atoms with Gasteiger partial charge in [0, 0.05) is 13.3 Å². The summed E-state index contributed by atoms with van der Waals surface area (Å²) < 4.78 is 11.8. The molecule has 5 rings (SSSR count). The molecule has 2 aromatic heterocycles. The van der Waals surface area contributed by atoms with Crippen molar-refractivity contribution in [2.45, 2.75) is 39.2 Å². The molecule has 2 aromatic carbocycles. The number of hydrogen-bond donors (Lipinski definition) is 1. The van der Waals surface area contributed by atoms with Crippen molar-refractivity contribution in [2.24, 2.45) is 0 Å². The molecule has 4 aromatic rings. The van der Waals surface area contributed by atoms with Crippen LogP contribution >= 0.6 is 0 Å². The van der Waals surface area contributed by atoms with Gasteiger partial charge in [0.25, 0.3) is 0 Å². The van der Waals surface area contributed by atoms with E-state index in [9.17, 15) is 0 Å². The lowest BCUT2D eigenvalue weighted by Gasteiger charge is -2.38. The number of nitrogens with zero attached hydrogens (tertiary/aromatic N) is 3. The summed E-state index contributed by atoms with van der Waals surface area (Å²) in [5.41, 5.74) is 6.35. The van der Waals surface area contributed by atoms with Crippen molar-refractivity contribution in [1.29, 1.82) is 0 Å². The van der Waals surface area contributed by atoms with Crippen LogP contribution in [0.25, 0.3) is 22.4 Å². The average molecular weight is 443 g/mol. The quantitative estimate of drug-likeness (QED) is 0.434. The molecule has 0 aliphatic carbocycles. The summed E-state index contributed by atoms with van der Waals surface area (Å²) in [7, 11) is 1.72. The van der Waals surface area contributed by atoms with Crippen LogP contribution in [0.3, 0.4) is 0 Å². The summed E-state index contributed by atoms with van der Waals surface area (Å²) in [5.74, 6) is 2.49. The Bertz CT molecular complexity index is 1290. The first kappa shape index (κ1) is 21.5. The summed E-state index contributed by atoms with van der Waals surface area (Å²) in [5, 5.41) is 0. The molecule has 1 N–H and O–H groups in total. The highest BCUT2D eigenvalue weighted by Crippen LogP contribution is 2.44. The lowest BCUT2D eigenvalue weighted by Crippen LogP contribution is -2.43. The van der Waals surface area contributed by atoms with E-state index in [1.165, 1.54) is 5.56 Å². The summed E-state index contributed by atoms with van der Waals surface area (Å²) in [6.45, 7) is 9.74. The minimum atomic E-state index is 0.0259. The topological polar surface area (TPSA) is 63.3 Å². The number of aryl methyl sites for hydroxylation is 1. The lowest BCUT2D eigenvalue weighted by molar-refractivity contribution is 0.146. The molecule has 33 heavy (non-hydrogen) atoms. The fraction of sp³-hybridized carbons (Fsp3) is 0.333. The van der Waals surface area contributed by atoms with Gasteiger partial charge >= 0.3 is 0 Å². The largest absolute Gasteiger partial charge is 0.488 e. The number of fused-ring (bicyclic) bond motifs is 2. The van der Waals surface area contributed by atoms with Gasteiger partial charge in [-0.1, -0.05) is 39.0 Å². The second-order valence-electron chi connectivity index (χ2n) is 9.71. The molecule has 6 heteroatoms. The Kier molecular flexibility index (Phi) is 5.33. The fourth-order valence-electron chi connectivity index (χ4n) is 4.34. The number of aromatic nitrogens is 3. The number of ether oxygens (including phenoxy) is 2. The third kappa shape index (κ3) is 3.95. The average Bonchev–Trinajstić information content (AvgIpc) is 3.22. The third-order valence-electron chi connectivity index (χ3n) is 6.14. The van der Waals surface area contributed by atoms with E-state index in [4.69, 9.17) is 19.4 Å². The Labute approximate surface area is 194 Å². The fourth-order valence-corrected chi connectivity index (χ4v) is 4.34. The van der Waals surface area contributed by atoms with Crippen LogP contribution in [0.5, 0.6) is 5.75 Å². The van der Waals surface area contributed by atoms with E-state index >= 15 is 0 Å². The van der Waals surface area contributed by atoms with Crippen molar-refractivity contribution in [2.75, 3.05) is 25.2 Å². The number of benzene rings is 2. The summed E-state index contributed by atoms with van der Waals surface area (Å²) in [4.78, 5) is 15.3. The molecule has 1 aliphatic heterocycles. The van der Waals surface area contributed by atoms with Gasteiger partial charge in [-0.2, -0.15) is 0 Å². The number of para-hydroxylation sites is 1. The Balaban J connectivity index is 1.61. The Morgan fingerprint density at radius 2 is 2.00 bits per heavy atom. The number of hydrogen-bond acceptors (Lipinski definition) is 5. The molecule has 0 fully saturated rings. The van der Waals surface area contributed by atoms with Gasteiger partial charge in [-0.15, -0.1) is 0 Å². The number of anilines is 2. The van der Waals surface area contributed by atoms with Crippen LogP contribution in [-0.4, -0.2) is 41.3 Å². The van der Waals surface area contributed by atoms with Gasteiger partial charge in [0.2, 0.25) is 0 Å². The van der Waals surface area contributed by atoms with Crippen LogP contribution in [0, 0.1) is 6.92 Å². The molecular weight excluding hydrogens is 412 g/mol. The zero-order valence-corrected chi connectivity index (χ0v) is 19.8. The van der Waals surface area contributed by atoms with Gasteiger partial charge in [0.05, 0.1) is 34.9 Å². The molecule has 6 nitrogen and oxygen atoms in total. The Morgan fingerprint density at radius 3 is 2.73 bits per heavy atom. The number of aromatic amines is 1. The van der Waals surface area contributed by atoms with Gasteiger partial charge in [0.1, 0.15) is 18.2 Å². The predicted octanol–water partition coefficient (Wildman–Crippen LogP) is 5.78. The molecule has 0 bridgehead atoms. The highest BCUT2D eigenvalue weighted by atomic mass is 16.5. The van der Waals surface area contributed by atoms with E-state index < -0.39 is 0 Å². The summed E-state index contributed by atoms with van der Waals surface area (Å²) in [6, 6.07) is 16.8. The number of rotatable bonds is 4. The number of pyridine rings is 1. The van der Waals surface area contributed by atoms with E-state index in [1.807, 2.05) is 19.2 Å². The van der Waals surface area contributed by atoms with Crippen molar-refractivity contribution in [3.8, 4) is 17.1 Å². The smallest absolute Gasteiger partial charge is 0.154 e. The molecule has 170 valence electrons. The highest BCUT2D eigenvalue weighted by molar-refractivity contribution is 5.85. The molecule has 1 unspecified atom stereocenters. The SMILES string of the molecule is COCC1COc2c(-c3nc4ccc(C(C)(C)C)cc4[nH]3)cccc2N1c1ccc(C)cn1. The molecule has 0 saturated carbocycles. The van der Waals surface area contributed by atoms with Crippen molar-refractivity contribution < 1.29 is 9.47 Å². The maximum atomic E-state index is 6.31. The first-order valence-electron chi connectivity index (χ1n) is 11.3. The van der Waals surface area contributed by atoms with Crippen molar-refractivity contribution >= 4 is 22.5 Å². The number of imidazole rings is 1. The normalized spacial score (nSPS) is 16.0. The predicted molar refractivity (Wildman–Crippen MR) is 133 cm³/mol. The number of methoxy groups -OCH3 is 1. The lowest BCUT2D eigenvalue weighted by atomic mass is 9.87. The maximum absolute atomic E-state index is 6.31.